The van der Waals surface area contributed by atoms with Crippen LogP contribution in [0.5, 0.6) is 11.5 Å². The highest BCUT2D eigenvalue weighted by molar-refractivity contribution is 5.94. The quantitative estimate of drug-likeness (QED) is 0.237. The first-order valence-electron chi connectivity index (χ1n) is 12.0. The van der Waals surface area contributed by atoms with E-state index in [1.165, 1.54) is 12.1 Å². The summed E-state index contributed by atoms with van der Waals surface area (Å²) in [6.45, 7) is 0.923. The number of pyridine rings is 1. The Morgan fingerprint density at radius 1 is 0.868 bits per heavy atom. The van der Waals surface area contributed by atoms with E-state index in [0.29, 0.717) is 31.1 Å². The lowest BCUT2D eigenvalue weighted by Crippen LogP contribution is -2.32. The third kappa shape index (κ3) is 7.12. The van der Waals surface area contributed by atoms with E-state index in [1.807, 2.05) is 54.6 Å². The molecule has 0 fully saturated rings. The van der Waals surface area contributed by atoms with Crippen LogP contribution in [0, 0.1) is 0 Å². The van der Waals surface area contributed by atoms with Crippen LogP contribution in [0.4, 0.5) is 13.2 Å². The molecular formula is C30H27F3N2O3. The monoisotopic (exact) mass is 520 g/mol. The molecule has 5 nitrogen and oxygen atoms in total. The van der Waals surface area contributed by atoms with Gasteiger partial charge in [0.1, 0.15) is 6.61 Å². The van der Waals surface area contributed by atoms with Crippen molar-refractivity contribution < 1.29 is 27.4 Å². The fourth-order valence-corrected chi connectivity index (χ4v) is 3.92. The lowest BCUT2D eigenvalue weighted by Gasteiger charge is -2.24. The molecule has 3 aromatic carbocycles. The number of nitrogens with zero attached hydrogens (tertiary/aromatic N) is 2. The molecule has 4 rings (SSSR count). The van der Waals surface area contributed by atoms with Crippen molar-refractivity contribution in [3.63, 3.8) is 0 Å². The number of methoxy groups -OCH3 is 1. The number of alkyl halides is 3. The van der Waals surface area contributed by atoms with Crippen molar-refractivity contribution in [1.29, 1.82) is 0 Å². The highest BCUT2D eigenvalue weighted by atomic mass is 19.4. The van der Waals surface area contributed by atoms with Gasteiger partial charge in [-0.3, -0.25) is 9.78 Å². The van der Waals surface area contributed by atoms with E-state index in [2.05, 4.69) is 4.98 Å². The van der Waals surface area contributed by atoms with Crippen LogP contribution in [-0.4, -0.2) is 29.4 Å². The second-order valence-electron chi connectivity index (χ2n) is 8.63. The summed E-state index contributed by atoms with van der Waals surface area (Å²) in [5.74, 6) is 0.706. The molecule has 0 saturated carbocycles. The van der Waals surface area contributed by atoms with Crippen molar-refractivity contribution in [2.75, 3.05) is 13.7 Å². The molecule has 196 valence electrons. The minimum atomic E-state index is -4.47. The molecule has 0 radical (unpaired) electrons. The van der Waals surface area contributed by atoms with Gasteiger partial charge in [-0.15, -0.1) is 0 Å². The number of rotatable bonds is 10. The Kier molecular flexibility index (Phi) is 8.63. The van der Waals surface area contributed by atoms with Crippen molar-refractivity contribution in [1.82, 2.24) is 9.88 Å². The van der Waals surface area contributed by atoms with Crippen molar-refractivity contribution in [2.24, 2.45) is 0 Å². The normalized spacial score (nSPS) is 11.2. The molecule has 1 heterocycles. The van der Waals surface area contributed by atoms with Crippen molar-refractivity contribution >= 4 is 5.91 Å². The van der Waals surface area contributed by atoms with E-state index in [1.54, 1.807) is 30.3 Å². The number of amides is 1. The summed E-state index contributed by atoms with van der Waals surface area (Å²) in [6.07, 6.45) is -2.31. The van der Waals surface area contributed by atoms with Crippen molar-refractivity contribution in [3.8, 4) is 11.5 Å². The first-order chi connectivity index (χ1) is 18.3. The zero-order valence-corrected chi connectivity index (χ0v) is 20.8. The Bertz CT molecular complexity index is 1330. The highest BCUT2D eigenvalue weighted by Crippen LogP contribution is 2.31. The van der Waals surface area contributed by atoms with Crippen molar-refractivity contribution in [2.45, 2.75) is 25.7 Å². The summed E-state index contributed by atoms with van der Waals surface area (Å²) in [5.41, 5.74) is 1.98. The van der Waals surface area contributed by atoms with Gasteiger partial charge in [0, 0.05) is 37.0 Å². The number of aromatic nitrogens is 1. The summed E-state index contributed by atoms with van der Waals surface area (Å²) < 4.78 is 50.5. The number of carbonyl (C=O) groups excluding carboxylic acids is 1. The number of halogens is 3. The summed E-state index contributed by atoms with van der Waals surface area (Å²) in [5, 5.41) is 0. The zero-order chi connectivity index (χ0) is 27.0. The molecule has 0 aliphatic carbocycles. The standard InChI is InChI=1S/C30H27F3N2O3/c1-37-28-19-23(10-15-27(28)38-21-22-7-3-2-4-8-22)20-35(18-16-26-9-5-6-17-34-26)29(36)24-11-13-25(14-12-24)30(31,32)33/h2-15,17,19H,16,18,20-21H2,1H3. The topological polar surface area (TPSA) is 51.7 Å². The van der Waals surface area contributed by atoms with E-state index in [-0.39, 0.29) is 18.0 Å². The van der Waals surface area contributed by atoms with Crippen LogP contribution in [0.25, 0.3) is 0 Å². The number of carbonyl (C=O) groups is 1. The Balaban J connectivity index is 1.53. The van der Waals surface area contributed by atoms with Gasteiger partial charge in [0.2, 0.25) is 0 Å². The number of hydrogen-bond acceptors (Lipinski definition) is 4. The van der Waals surface area contributed by atoms with Gasteiger partial charge in [-0.05, 0) is 59.7 Å². The molecule has 8 heteroatoms. The zero-order valence-electron chi connectivity index (χ0n) is 20.8. The van der Waals surface area contributed by atoms with E-state index in [4.69, 9.17) is 9.47 Å². The molecule has 4 aromatic rings. The first kappa shape index (κ1) is 26.7. The van der Waals surface area contributed by atoms with Crippen LogP contribution in [0.1, 0.15) is 32.7 Å². The second-order valence-corrected chi connectivity index (χ2v) is 8.63. The molecular weight excluding hydrogens is 493 g/mol. The smallest absolute Gasteiger partial charge is 0.416 e. The van der Waals surface area contributed by atoms with Gasteiger partial charge < -0.3 is 14.4 Å². The molecule has 0 spiro atoms. The van der Waals surface area contributed by atoms with E-state index in [0.717, 1.165) is 29.0 Å². The fourth-order valence-electron chi connectivity index (χ4n) is 3.92. The average Bonchev–Trinajstić information content (AvgIpc) is 2.94. The molecule has 1 amide bonds. The number of benzene rings is 3. The predicted molar refractivity (Wildman–Crippen MR) is 138 cm³/mol. The van der Waals surface area contributed by atoms with Gasteiger partial charge in [0.15, 0.2) is 11.5 Å². The second kappa shape index (κ2) is 12.3. The molecule has 0 aliphatic heterocycles. The van der Waals surface area contributed by atoms with Gasteiger partial charge in [0.05, 0.1) is 12.7 Å². The maximum atomic E-state index is 13.4. The van der Waals surface area contributed by atoms with Crippen LogP contribution < -0.4 is 9.47 Å². The molecule has 0 bridgehead atoms. The Labute approximate surface area is 219 Å². The largest absolute Gasteiger partial charge is 0.493 e. The van der Waals surface area contributed by atoms with E-state index < -0.39 is 11.7 Å². The van der Waals surface area contributed by atoms with Crippen LogP contribution in [0.2, 0.25) is 0 Å². The molecule has 0 aliphatic rings. The van der Waals surface area contributed by atoms with Crippen molar-refractivity contribution in [3.05, 3.63) is 125 Å². The average molecular weight is 521 g/mol. The fraction of sp³-hybridized carbons (Fsp3) is 0.200. The van der Waals surface area contributed by atoms with E-state index in [9.17, 15) is 18.0 Å². The number of ether oxygens (including phenoxy) is 2. The minimum Gasteiger partial charge on any atom is -0.493 e. The minimum absolute atomic E-state index is 0.175. The van der Waals surface area contributed by atoms with Gasteiger partial charge in [-0.2, -0.15) is 13.2 Å². The molecule has 0 unspecified atom stereocenters. The van der Waals surface area contributed by atoms with Gasteiger partial charge in [-0.1, -0.05) is 42.5 Å². The molecule has 0 atom stereocenters. The lowest BCUT2D eigenvalue weighted by atomic mass is 10.1. The molecule has 1 aromatic heterocycles. The van der Waals surface area contributed by atoms with Crippen LogP contribution in [0.15, 0.2) is 97.2 Å². The van der Waals surface area contributed by atoms with E-state index >= 15 is 0 Å². The third-order valence-corrected chi connectivity index (χ3v) is 5.95. The molecule has 0 saturated heterocycles. The Morgan fingerprint density at radius 3 is 2.26 bits per heavy atom. The predicted octanol–water partition coefficient (Wildman–Crippen LogP) is 6.57. The first-order valence-corrected chi connectivity index (χ1v) is 12.0. The lowest BCUT2D eigenvalue weighted by molar-refractivity contribution is -0.137. The maximum absolute atomic E-state index is 13.4. The summed E-state index contributed by atoms with van der Waals surface area (Å²) in [4.78, 5) is 19.3. The molecule has 38 heavy (non-hydrogen) atoms. The highest BCUT2D eigenvalue weighted by Gasteiger charge is 2.30. The third-order valence-electron chi connectivity index (χ3n) is 5.95. The summed E-state index contributed by atoms with van der Waals surface area (Å²) in [6, 6.07) is 25.0. The summed E-state index contributed by atoms with van der Waals surface area (Å²) in [7, 11) is 1.54. The van der Waals surface area contributed by atoms with Gasteiger partial charge in [-0.25, -0.2) is 0 Å². The van der Waals surface area contributed by atoms with Gasteiger partial charge >= 0.3 is 6.18 Å². The number of hydrogen-bond donors (Lipinski definition) is 0. The Hall–Kier alpha value is -4.33. The summed E-state index contributed by atoms with van der Waals surface area (Å²) >= 11 is 0. The van der Waals surface area contributed by atoms with Crippen LogP contribution in [-0.2, 0) is 25.7 Å². The molecule has 0 N–H and O–H groups in total. The van der Waals surface area contributed by atoms with Crippen LogP contribution >= 0.6 is 0 Å². The maximum Gasteiger partial charge on any atom is 0.416 e. The van der Waals surface area contributed by atoms with Crippen LogP contribution in [0.3, 0.4) is 0 Å². The Morgan fingerprint density at radius 2 is 1.61 bits per heavy atom. The van der Waals surface area contributed by atoms with Gasteiger partial charge in [0.25, 0.3) is 5.91 Å². The SMILES string of the molecule is COc1cc(CN(CCc2ccccn2)C(=O)c2ccc(C(F)(F)F)cc2)ccc1OCc1ccccc1.